The van der Waals surface area contributed by atoms with Gasteiger partial charge in [0.05, 0.1) is 11.6 Å². The van der Waals surface area contributed by atoms with Crippen molar-refractivity contribution in [1.82, 2.24) is 10.7 Å². The molecule has 3 rings (SSSR count). The molecule has 0 saturated carbocycles. The van der Waals surface area contributed by atoms with Crippen LogP contribution in [0.3, 0.4) is 0 Å². The lowest BCUT2D eigenvalue weighted by atomic mass is 9.85. The van der Waals surface area contributed by atoms with Gasteiger partial charge in [-0.2, -0.15) is 18.3 Å². The summed E-state index contributed by atoms with van der Waals surface area (Å²) in [5.74, 6) is 0.0113. The summed E-state index contributed by atoms with van der Waals surface area (Å²) in [6.07, 6.45) is -3.54. The quantitative estimate of drug-likeness (QED) is 0.821. The summed E-state index contributed by atoms with van der Waals surface area (Å²) in [7, 11) is 0. The Labute approximate surface area is 108 Å². The number of hydrogen-bond donors (Lipinski definition) is 2. The Bertz CT molecular complexity index is 510. The lowest BCUT2D eigenvalue weighted by Gasteiger charge is -2.27. The first-order chi connectivity index (χ1) is 9.07. The number of fused-ring (bicyclic) bond motifs is 1. The van der Waals surface area contributed by atoms with Crippen molar-refractivity contribution in [2.24, 2.45) is 11.0 Å². The van der Waals surface area contributed by atoms with E-state index in [2.05, 4.69) is 15.8 Å². The number of rotatable bonds is 1. The molecule has 3 nitrogen and oxygen atoms in total. The van der Waals surface area contributed by atoms with Crippen LogP contribution in [0.15, 0.2) is 29.4 Å². The predicted molar refractivity (Wildman–Crippen MR) is 65.7 cm³/mol. The summed E-state index contributed by atoms with van der Waals surface area (Å²) in [4.78, 5) is 0. The Hall–Kier alpha value is -1.56. The molecule has 2 aliphatic rings. The van der Waals surface area contributed by atoms with E-state index in [1.165, 1.54) is 12.1 Å². The summed E-state index contributed by atoms with van der Waals surface area (Å²) in [5.41, 5.74) is 3.55. The van der Waals surface area contributed by atoms with Crippen LogP contribution in [-0.4, -0.2) is 18.8 Å². The summed E-state index contributed by atoms with van der Waals surface area (Å²) in [5, 5.41) is 7.41. The number of nitrogens with one attached hydrogen (secondary N) is 2. The third-order valence-corrected chi connectivity index (χ3v) is 3.70. The minimum Gasteiger partial charge on any atom is -0.316 e. The number of piperidine rings is 1. The standard InChI is InChI=1S/C13H14F3N3/c14-13(15,16)10-4-2-1-3-8(10)12-9-7-17-6-5-11(9)18-19-12/h1-4,9,12,17,19H,5-7H2. The molecule has 6 heteroatoms. The third-order valence-electron chi connectivity index (χ3n) is 3.70. The second-order valence-corrected chi connectivity index (χ2v) is 4.86. The lowest BCUT2D eigenvalue weighted by molar-refractivity contribution is -0.138. The fourth-order valence-electron chi connectivity index (χ4n) is 2.78. The van der Waals surface area contributed by atoms with Crippen LogP contribution < -0.4 is 10.7 Å². The fourth-order valence-corrected chi connectivity index (χ4v) is 2.78. The molecule has 0 amide bonds. The van der Waals surface area contributed by atoms with E-state index in [-0.39, 0.29) is 17.5 Å². The largest absolute Gasteiger partial charge is 0.416 e. The van der Waals surface area contributed by atoms with E-state index in [1.54, 1.807) is 6.07 Å². The first-order valence-electron chi connectivity index (χ1n) is 6.26. The summed E-state index contributed by atoms with van der Waals surface area (Å²) >= 11 is 0. The molecule has 2 aliphatic heterocycles. The highest BCUT2D eigenvalue weighted by molar-refractivity contribution is 5.90. The highest BCUT2D eigenvalue weighted by Crippen LogP contribution is 2.38. The zero-order chi connectivity index (χ0) is 13.5. The van der Waals surface area contributed by atoms with Crippen LogP contribution in [0.25, 0.3) is 0 Å². The van der Waals surface area contributed by atoms with Gasteiger partial charge in [0.1, 0.15) is 0 Å². The number of alkyl halides is 3. The van der Waals surface area contributed by atoms with E-state index in [4.69, 9.17) is 0 Å². The fraction of sp³-hybridized carbons (Fsp3) is 0.462. The Kier molecular flexibility index (Phi) is 2.97. The van der Waals surface area contributed by atoms with Crippen molar-refractivity contribution in [2.75, 3.05) is 13.1 Å². The molecule has 19 heavy (non-hydrogen) atoms. The van der Waals surface area contributed by atoms with Gasteiger partial charge in [-0.25, -0.2) is 0 Å². The molecule has 0 aromatic heterocycles. The van der Waals surface area contributed by atoms with Crippen LogP contribution >= 0.6 is 0 Å². The molecule has 2 N–H and O–H groups in total. The van der Waals surface area contributed by atoms with Gasteiger partial charge in [-0.15, -0.1) is 0 Å². The maximum atomic E-state index is 13.0. The van der Waals surface area contributed by atoms with Gasteiger partial charge in [-0.1, -0.05) is 18.2 Å². The van der Waals surface area contributed by atoms with Crippen LogP contribution in [0.2, 0.25) is 0 Å². The molecule has 0 bridgehead atoms. The third kappa shape index (κ3) is 2.20. The Morgan fingerprint density at radius 2 is 2.00 bits per heavy atom. The average molecular weight is 269 g/mol. The molecule has 2 heterocycles. The zero-order valence-corrected chi connectivity index (χ0v) is 10.2. The molecule has 1 fully saturated rings. The van der Waals surface area contributed by atoms with Gasteiger partial charge < -0.3 is 10.7 Å². The van der Waals surface area contributed by atoms with Crippen molar-refractivity contribution in [3.05, 3.63) is 35.4 Å². The first kappa shape index (κ1) is 12.5. The molecule has 0 spiro atoms. The first-order valence-corrected chi connectivity index (χ1v) is 6.26. The molecule has 102 valence electrons. The van der Waals surface area contributed by atoms with Gasteiger partial charge in [0, 0.05) is 31.1 Å². The van der Waals surface area contributed by atoms with Gasteiger partial charge >= 0.3 is 6.18 Å². The topological polar surface area (TPSA) is 36.4 Å². The van der Waals surface area contributed by atoms with Gasteiger partial charge in [-0.05, 0) is 11.6 Å². The molecule has 0 radical (unpaired) electrons. The van der Waals surface area contributed by atoms with Crippen molar-refractivity contribution in [3.8, 4) is 0 Å². The number of hydrazone groups is 1. The van der Waals surface area contributed by atoms with Gasteiger partial charge in [0.25, 0.3) is 0 Å². The van der Waals surface area contributed by atoms with E-state index < -0.39 is 11.7 Å². The molecule has 2 atom stereocenters. The number of nitrogens with zero attached hydrogens (tertiary/aromatic N) is 1. The molecule has 1 saturated heterocycles. The van der Waals surface area contributed by atoms with Crippen molar-refractivity contribution >= 4 is 5.71 Å². The van der Waals surface area contributed by atoms with E-state index in [0.29, 0.717) is 6.54 Å². The monoisotopic (exact) mass is 269 g/mol. The van der Waals surface area contributed by atoms with E-state index in [1.807, 2.05) is 0 Å². The zero-order valence-electron chi connectivity index (χ0n) is 10.2. The maximum absolute atomic E-state index is 13.0. The highest BCUT2D eigenvalue weighted by Gasteiger charge is 2.40. The second kappa shape index (κ2) is 4.52. The average Bonchev–Trinajstić information content (AvgIpc) is 2.81. The van der Waals surface area contributed by atoms with Crippen molar-refractivity contribution in [2.45, 2.75) is 18.6 Å². The molecular weight excluding hydrogens is 255 g/mol. The van der Waals surface area contributed by atoms with Crippen LogP contribution in [0.1, 0.15) is 23.6 Å². The van der Waals surface area contributed by atoms with Crippen LogP contribution in [-0.2, 0) is 6.18 Å². The summed E-state index contributed by atoms with van der Waals surface area (Å²) in [6, 6.07) is 5.34. The predicted octanol–water partition coefficient (Wildman–Crippen LogP) is 2.32. The van der Waals surface area contributed by atoms with E-state index in [0.717, 1.165) is 24.7 Å². The SMILES string of the molecule is FC(F)(F)c1ccccc1C1NN=C2CCNCC21. The van der Waals surface area contributed by atoms with Crippen molar-refractivity contribution in [3.63, 3.8) is 0 Å². The molecule has 1 aromatic carbocycles. The number of hydrogen-bond acceptors (Lipinski definition) is 3. The second-order valence-electron chi connectivity index (χ2n) is 4.86. The van der Waals surface area contributed by atoms with Crippen LogP contribution in [0, 0.1) is 5.92 Å². The Morgan fingerprint density at radius 1 is 1.21 bits per heavy atom. The lowest BCUT2D eigenvalue weighted by Crippen LogP contribution is -2.39. The van der Waals surface area contributed by atoms with E-state index >= 15 is 0 Å². The maximum Gasteiger partial charge on any atom is 0.416 e. The molecule has 1 aromatic rings. The minimum absolute atomic E-state index is 0.0113. The summed E-state index contributed by atoms with van der Waals surface area (Å²) in [6.45, 7) is 1.51. The highest BCUT2D eigenvalue weighted by atomic mass is 19.4. The van der Waals surface area contributed by atoms with Crippen LogP contribution in [0.4, 0.5) is 13.2 Å². The minimum atomic E-state index is -4.33. The normalized spacial score (nSPS) is 26.6. The van der Waals surface area contributed by atoms with Gasteiger partial charge in [0.15, 0.2) is 0 Å². The summed E-state index contributed by atoms with van der Waals surface area (Å²) < 4.78 is 39.1. The van der Waals surface area contributed by atoms with Crippen LogP contribution in [0.5, 0.6) is 0 Å². The van der Waals surface area contributed by atoms with Crippen molar-refractivity contribution < 1.29 is 13.2 Å². The van der Waals surface area contributed by atoms with Gasteiger partial charge in [0.2, 0.25) is 0 Å². The molecule has 2 unspecified atom stereocenters. The molecule has 0 aliphatic carbocycles. The number of halogens is 3. The van der Waals surface area contributed by atoms with E-state index in [9.17, 15) is 13.2 Å². The van der Waals surface area contributed by atoms with Gasteiger partial charge in [-0.3, -0.25) is 0 Å². The Morgan fingerprint density at radius 3 is 2.79 bits per heavy atom. The number of benzene rings is 1. The Balaban J connectivity index is 1.96. The van der Waals surface area contributed by atoms with Crippen molar-refractivity contribution in [1.29, 1.82) is 0 Å². The molecular formula is C13H14F3N3. The smallest absolute Gasteiger partial charge is 0.316 e.